The van der Waals surface area contributed by atoms with E-state index in [1.165, 1.54) is 7.11 Å². The quantitative estimate of drug-likeness (QED) is 0.504. The van der Waals surface area contributed by atoms with Crippen LogP contribution in [0.2, 0.25) is 0 Å². The van der Waals surface area contributed by atoms with E-state index in [1.807, 2.05) is 7.05 Å². The number of esters is 1. The minimum absolute atomic E-state index is 0.352. The van der Waals surface area contributed by atoms with Gasteiger partial charge in [-0.05, 0) is 20.0 Å². The van der Waals surface area contributed by atoms with Crippen molar-refractivity contribution in [1.29, 1.82) is 0 Å². The van der Waals surface area contributed by atoms with E-state index in [-0.39, 0.29) is 5.97 Å². The Bertz CT molecular complexity index is 106. The fourth-order valence-electron chi connectivity index (χ4n) is 0.569. The van der Waals surface area contributed by atoms with Gasteiger partial charge >= 0.3 is 5.97 Å². The summed E-state index contributed by atoms with van der Waals surface area (Å²) in [6, 6.07) is -0.488. The Hall–Kier alpha value is -0.610. The second-order valence-electron chi connectivity index (χ2n) is 2.02. The first kappa shape index (κ1) is 9.39. The van der Waals surface area contributed by atoms with Crippen molar-refractivity contribution < 1.29 is 9.53 Å². The molecule has 0 saturated heterocycles. The number of carbonyl (C=O) groups excluding carboxylic acids is 1. The van der Waals surface area contributed by atoms with Gasteiger partial charge in [0.25, 0.3) is 0 Å². The number of methoxy groups -OCH3 is 1. The molecule has 3 N–H and O–H groups in total. The van der Waals surface area contributed by atoms with Crippen LogP contribution in [0.15, 0.2) is 0 Å². The van der Waals surface area contributed by atoms with E-state index < -0.39 is 6.04 Å². The number of hydrogen-bond donors (Lipinski definition) is 2. The van der Waals surface area contributed by atoms with Crippen molar-refractivity contribution in [3.63, 3.8) is 0 Å². The first-order chi connectivity index (χ1) is 4.72. The summed E-state index contributed by atoms with van der Waals surface area (Å²) in [5, 5.41) is 2.89. The summed E-state index contributed by atoms with van der Waals surface area (Å²) in [5.41, 5.74) is 5.40. The molecule has 0 aromatic rings. The molecule has 0 radical (unpaired) electrons. The molecule has 0 aliphatic heterocycles. The Kier molecular flexibility index (Phi) is 4.88. The van der Waals surface area contributed by atoms with Crippen molar-refractivity contribution in [2.75, 3.05) is 20.7 Å². The van der Waals surface area contributed by atoms with Gasteiger partial charge in [0.1, 0.15) is 6.04 Å². The highest BCUT2D eigenvalue weighted by molar-refractivity contribution is 5.75. The van der Waals surface area contributed by atoms with Crippen LogP contribution in [0.25, 0.3) is 0 Å². The van der Waals surface area contributed by atoms with Crippen LogP contribution in [0.1, 0.15) is 6.42 Å². The van der Waals surface area contributed by atoms with Crippen LogP contribution in [-0.2, 0) is 9.53 Å². The summed E-state index contributed by atoms with van der Waals surface area (Å²) in [6.45, 7) is 0.732. The van der Waals surface area contributed by atoms with Gasteiger partial charge in [-0.25, -0.2) is 0 Å². The van der Waals surface area contributed by atoms with Gasteiger partial charge in [-0.2, -0.15) is 0 Å². The van der Waals surface area contributed by atoms with Crippen molar-refractivity contribution in [2.45, 2.75) is 12.5 Å². The van der Waals surface area contributed by atoms with E-state index in [2.05, 4.69) is 10.1 Å². The molecule has 0 bridgehead atoms. The second kappa shape index (κ2) is 5.20. The van der Waals surface area contributed by atoms with Gasteiger partial charge in [0, 0.05) is 0 Å². The van der Waals surface area contributed by atoms with Crippen molar-refractivity contribution in [1.82, 2.24) is 5.32 Å². The molecule has 0 saturated carbocycles. The Morgan fingerprint density at radius 3 is 2.80 bits per heavy atom. The predicted molar refractivity (Wildman–Crippen MR) is 38.5 cm³/mol. The van der Waals surface area contributed by atoms with Crippen LogP contribution < -0.4 is 11.1 Å². The number of ether oxygens (including phenoxy) is 1. The lowest BCUT2D eigenvalue weighted by Crippen LogP contribution is -2.34. The van der Waals surface area contributed by atoms with Crippen LogP contribution in [0.3, 0.4) is 0 Å². The molecule has 0 spiro atoms. The monoisotopic (exact) mass is 146 g/mol. The molecule has 0 aromatic heterocycles. The molecule has 10 heavy (non-hydrogen) atoms. The molecule has 60 valence electrons. The average molecular weight is 146 g/mol. The predicted octanol–water partition coefficient (Wildman–Crippen LogP) is -0.904. The molecule has 0 aliphatic rings. The van der Waals surface area contributed by atoms with Crippen molar-refractivity contribution in [3.05, 3.63) is 0 Å². The molecule has 1 atom stereocenters. The van der Waals surface area contributed by atoms with E-state index in [9.17, 15) is 4.79 Å². The normalized spacial score (nSPS) is 12.7. The zero-order valence-corrected chi connectivity index (χ0v) is 6.39. The number of nitrogens with one attached hydrogen (secondary N) is 1. The van der Waals surface area contributed by atoms with Crippen molar-refractivity contribution in [3.8, 4) is 0 Å². The largest absolute Gasteiger partial charge is 0.468 e. The number of rotatable bonds is 4. The van der Waals surface area contributed by atoms with E-state index in [0.29, 0.717) is 6.42 Å². The van der Waals surface area contributed by atoms with Crippen LogP contribution in [0.4, 0.5) is 0 Å². The Morgan fingerprint density at radius 2 is 2.40 bits per heavy atom. The Balaban J connectivity index is 3.41. The maximum Gasteiger partial charge on any atom is 0.322 e. The van der Waals surface area contributed by atoms with Gasteiger partial charge in [0.15, 0.2) is 0 Å². The standard InChI is InChI=1S/C6H14N2O2/c1-8-4-3-5(7)6(9)10-2/h5,8H,3-4,7H2,1-2H3. The molecule has 4 nitrogen and oxygen atoms in total. The highest BCUT2D eigenvalue weighted by Crippen LogP contribution is 1.88. The van der Waals surface area contributed by atoms with E-state index in [1.54, 1.807) is 0 Å². The zero-order valence-electron chi connectivity index (χ0n) is 6.39. The van der Waals surface area contributed by atoms with Crippen LogP contribution >= 0.6 is 0 Å². The molecular weight excluding hydrogens is 132 g/mol. The van der Waals surface area contributed by atoms with Crippen molar-refractivity contribution in [2.24, 2.45) is 5.73 Å². The van der Waals surface area contributed by atoms with Gasteiger partial charge in [0.2, 0.25) is 0 Å². The fourth-order valence-corrected chi connectivity index (χ4v) is 0.569. The lowest BCUT2D eigenvalue weighted by atomic mass is 10.2. The highest BCUT2D eigenvalue weighted by atomic mass is 16.5. The highest BCUT2D eigenvalue weighted by Gasteiger charge is 2.11. The molecule has 1 unspecified atom stereocenters. The SMILES string of the molecule is CNCCC(N)C(=O)OC. The number of carbonyl (C=O) groups is 1. The third-order valence-electron chi connectivity index (χ3n) is 1.21. The van der Waals surface area contributed by atoms with E-state index in [0.717, 1.165) is 6.54 Å². The van der Waals surface area contributed by atoms with Gasteiger partial charge in [-0.3, -0.25) is 4.79 Å². The second-order valence-corrected chi connectivity index (χ2v) is 2.02. The minimum Gasteiger partial charge on any atom is -0.468 e. The number of nitrogens with two attached hydrogens (primary N) is 1. The van der Waals surface area contributed by atoms with Crippen molar-refractivity contribution >= 4 is 5.97 Å². The zero-order chi connectivity index (χ0) is 7.98. The van der Waals surface area contributed by atoms with Gasteiger partial charge in [-0.15, -0.1) is 0 Å². The topological polar surface area (TPSA) is 64.3 Å². The summed E-state index contributed by atoms with van der Waals surface area (Å²) >= 11 is 0. The summed E-state index contributed by atoms with van der Waals surface area (Å²) in [4.78, 5) is 10.6. The summed E-state index contributed by atoms with van der Waals surface area (Å²) < 4.78 is 4.42. The smallest absolute Gasteiger partial charge is 0.322 e. The molecule has 0 rings (SSSR count). The van der Waals surface area contributed by atoms with E-state index in [4.69, 9.17) is 5.73 Å². The summed E-state index contributed by atoms with van der Waals surface area (Å²) in [7, 11) is 3.14. The maximum atomic E-state index is 10.6. The Labute approximate surface area is 60.7 Å². The average Bonchev–Trinajstić information content (AvgIpc) is 1.98. The molecule has 0 aliphatic carbocycles. The molecule has 4 heteroatoms. The van der Waals surface area contributed by atoms with Gasteiger partial charge < -0.3 is 15.8 Å². The molecule has 0 heterocycles. The fraction of sp³-hybridized carbons (Fsp3) is 0.833. The third-order valence-corrected chi connectivity index (χ3v) is 1.21. The van der Waals surface area contributed by atoms with Crippen LogP contribution in [0.5, 0.6) is 0 Å². The Morgan fingerprint density at radius 1 is 1.80 bits per heavy atom. The maximum absolute atomic E-state index is 10.6. The molecule has 0 fully saturated rings. The summed E-state index contributed by atoms with van der Waals surface area (Å²) in [5.74, 6) is -0.352. The molecular formula is C6H14N2O2. The van der Waals surface area contributed by atoms with Crippen LogP contribution in [0, 0.1) is 0 Å². The first-order valence-corrected chi connectivity index (χ1v) is 3.20. The number of hydrogen-bond acceptors (Lipinski definition) is 4. The molecule has 0 amide bonds. The van der Waals surface area contributed by atoms with Gasteiger partial charge in [0.05, 0.1) is 7.11 Å². The lowest BCUT2D eigenvalue weighted by Gasteiger charge is -2.07. The van der Waals surface area contributed by atoms with Gasteiger partial charge in [-0.1, -0.05) is 0 Å². The third kappa shape index (κ3) is 3.42. The van der Waals surface area contributed by atoms with Crippen LogP contribution in [-0.4, -0.2) is 32.7 Å². The first-order valence-electron chi connectivity index (χ1n) is 3.20. The van der Waals surface area contributed by atoms with E-state index >= 15 is 0 Å². The lowest BCUT2D eigenvalue weighted by molar-refractivity contribution is -0.142. The summed E-state index contributed by atoms with van der Waals surface area (Å²) in [6.07, 6.45) is 0.614. The molecule has 0 aromatic carbocycles. The minimum atomic E-state index is -0.488.